The molecule has 0 aliphatic heterocycles. The van der Waals surface area contributed by atoms with E-state index in [1.165, 1.54) is 0 Å². The van der Waals surface area contributed by atoms with Gasteiger partial charge in [0, 0.05) is 11.6 Å². The van der Waals surface area contributed by atoms with E-state index in [1.807, 2.05) is 26.0 Å². The van der Waals surface area contributed by atoms with Crippen molar-refractivity contribution in [3.63, 3.8) is 0 Å². The molecule has 1 rings (SSSR count). The Labute approximate surface area is 116 Å². The maximum atomic E-state index is 12.1. The minimum atomic E-state index is -0.0328. The Morgan fingerprint density at radius 1 is 1.26 bits per heavy atom. The number of carbonyl (C=O) groups is 1. The number of aryl methyl sites for hydroxylation is 1. The summed E-state index contributed by atoms with van der Waals surface area (Å²) in [5, 5.41) is 3.03. The number of rotatable bonds is 6. The molecule has 0 heterocycles. The molecule has 0 saturated carbocycles. The van der Waals surface area contributed by atoms with Crippen molar-refractivity contribution in [1.82, 2.24) is 5.32 Å². The highest BCUT2D eigenvalue weighted by Gasteiger charge is 2.11. The molecule has 0 radical (unpaired) electrons. The van der Waals surface area contributed by atoms with E-state index >= 15 is 0 Å². The van der Waals surface area contributed by atoms with Gasteiger partial charge in [0.2, 0.25) is 0 Å². The summed E-state index contributed by atoms with van der Waals surface area (Å²) in [7, 11) is 1.62. The number of carbonyl (C=O) groups excluding carboxylic acids is 1. The van der Waals surface area contributed by atoms with Crippen LogP contribution in [0.2, 0.25) is 0 Å². The van der Waals surface area contributed by atoms with Gasteiger partial charge in [-0.05, 0) is 50.3 Å². The third-order valence-electron chi connectivity index (χ3n) is 3.22. The zero-order valence-electron chi connectivity index (χ0n) is 12.6. The summed E-state index contributed by atoms with van der Waals surface area (Å²) in [5.41, 5.74) is 1.69. The number of hydrogen-bond acceptors (Lipinski definition) is 2. The molecule has 0 saturated heterocycles. The van der Waals surface area contributed by atoms with E-state index in [-0.39, 0.29) is 11.9 Å². The van der Waals surface area contributed by atoms with Gasteiger partial charge in [0.1, 0.15) is 5.75 Å². The molecular formula is C16H25NO2. The summed E-state index contributed by atoms with van der Waals surface area (Å²) in [6.45, 7) is 8.40. The van der Waals surface area contributed by atoms with Crippen molar-refractivity contribution in [1.29, 1.82) is 0 Å². The van der Waals surface area contributed by atoms with E-state index in [0.717, 1.165) is 24.2 Å². The third-order valence-corrected chi connectivity index (χ3v) is 3.22. The second-order valence-electron chi connectivity index (χ2n) is 5.53. The summed E-state index contributed by atoms with van der Waals surface area (Å²) in [5.74, 6) is 1.39. The fourth-order valence-corrected chi connectivity index (χ4v) is 1.92. The second kappa shape index (κ2) is 7.17. The van der Waals surface area contributed by atoms with Gasteiger partial charge in [-0.15, -0.1) is 0 Å². The Morgan fingerprint density at radius 3 is 2.53 bits per heavy atom. The van der Waals surface area contributed by atoms with Gasteiger partial charge in [0.15, 0.2) is 0 Å². The molecule has 19 heavy (non-hydrogen) atoms. The zero-order chi connectivity index (χ0) is 14.4. The van der Waals surface area contributed by atoms with E-state index < -0.39 is 0 Å². The van der Waals surface area contributed by atoms with Crippen LogP contribution in [0.3, 0.4) is 0 Å². The summed E-state index contributed by atoms with van der Waals surface area (Å²) < 4.78 is 5.24. The first kappa shape index (κ1) is 15.5. The van der Waals surface area contributed by atoms with E-state index in [2.05, 4.69) is 19.2 Å². The van der Waals surface area contributed by atoms with Crippen LogP contribution in [0.15, 0.2) is 18.2 Å². The number of hydrogen-bond donors (Lipinski definition) is 1. The molecule has 1 atom stereocenters. The molecule has 106 valence electrons. The molecule has 0 aromatic heterocycles. The number of amides is 1. The smallest absolute Gasteiger partial charge is 0.251 e. The first-order valence-corrected chi connectivity index (χ1v) is 6.89. The van der Waals surface area contributed by atoms with Crippen molar-refractivity contribution < 1.29 is 9.53 Å². The molecule has 0 fully saturated rings. The minimum absolute atomic E-state index is 0.0328. The van der Waals surface area contributed by atoms with Crippen LogP contribution in [-0.2, 0) is 0 Å². The molecule has 0 spiro atoms. The van der Waals surface area contributed by atoms with Gasteiger partial charge in [0.05, 0.1) is 7.11 Å². The first-order valence-electron chi connectivity index (χ1n) is 6.89. The summed E-state index contributed by atoms with van der Waals surface area (Å²) in [4.78, 5) is 12.1. The van der Waals surface area contributed by atoms with Crippen molar-refractivity contribution >= 4 is 5.91 Å². The number of methoxy groups -OCH3 is 1. The van der Waals surface area contributed by atoms with Gasteiger partial charge in [-0.3, -0.25) is 4.79 Å². The van der Waals surface area contributed by atoms with Crippen molar-refractivity contribution in [3.05, 3.63) is 29.3 Å². The maximum absolute atomic E-state index is 12.1. The summed E-state index contributed by atoms with van der Waals surface area (Å²) >= 11 is 0. The van der Waals surface area contributed by atoms with Gasteiger partial charge in [-0.2, -0.15) is 0 Å². The second-order valence-corrected chi connectivity index (χ2v) is 5.53. The Hall–Kier alpha value is -1.51. The van der Waals surface area contributed by atoms with Crippen molar-refractivity contribution in [2.75, 3.05) is 7.11 Å². The normalized spacial score (nSPS) is 12.3. The molecule has 0 aliphatic carbocycles. The Bertz CT molecular complexity index is 427. The SMILES string of the molecule is COc1cc(C(=O)NC(C)CCC(C)C)ccc1C. The van der Waals surface area contributed by atoms with Crippen LogP contribution >= 0.6 is 0 Å². The Morgan fingerprint density at radius 2 is 1.95 bits per heavy atom. The van der Waals surface area contributed by atoms with E-state index in [0.29, 0.717) is 11.5 Å². The van der Waals surface area contributed by atoms with Crippen molar-refractivity contribution in [2.24, 2.45) is 5.92 Å². The molecular weight excluding hydrogens is 238 g/mol. The Balaban J connectivity index is 2.62. The number of ether oxygens (including phenoxy) is 1. The molecule has 0 aliphatic rings. The van der Waals surface area contributed by atoms with Gasteiger partial charge in [-0.25, -0.2) is 0 Å². The largest absolute Gasteiger partial charge is 0.496 e. The zero-order valence-corrected chi connectivity index (χ0v) is 12.6. The van der Waals surface area contributed by atoms with E-state index in [1.54, 1.807) is 13.2 Å². The van der Waals surface area contributed by atoms with Crippen LogP contribution in [0.1, 0.15) is 49.5 Å². The molecule has 1 aromatic carbocycles. The molecule has 1 unspecified atom stereocenters. The lowest BCUT2D eigenvalue weighted by molar-refractivity contribution is 0.0937. The quantitative estimate of drug-likeness (QED) is 0.852. The summed E-state index contributed by atoms with van der Waals surface area (Å²) in [6, 6.07) is 5.73. The number of benzene rings is 1. The lowest BCUT2D eigenvalue weighted by atomic mass is 10.0. The highest BCUT2D eigenvalue weighted by molar-refractivity contribution is 5.94. The average Bonchev–Trinajstić information content (AvgIpc) is 2.36. The first-order chi connectivity index (χ1) is 8.93. The van der Waals surface area contributed by atoms with Crippen LogP contribution in [0, 0.1) is 12.8 Å². The topological polar surface area (TPSA) is 38.3 Å². The van der Waals surface area contributed by atoms with Crippen LogP contribution in [-0.4, -0.2) is 19.1 Å². The molecule has 1 aromatic rings. The van der Waals surface area contributed by atoms with Gasteiger partial charge in [0.25, 0.3) is 5.91 Å². The standard InChI is InChI=1S/C16H25NO2/c1-11(2)6-8-13(4)17-16(18)14-9-7-12(3)15(10-14)19-5/h7,9-11,13H,6,8H2,1-5H3,(H,17,18). The van der Waals surface area contributed by atoms with Gasteiger partial charge >= 0.3 is 0 Å². The monoisotopic (exact) mass is 263 g/mol. The van der Waals surface area contributed by atoms with Crippen molar-refractivity contribution in [2.45, 2.75) is 46.6 Å². The number of nitrogens with one attached hydrogen (secondary N) is 1. The fraction of sp³-hybridized carbons (Fsp3) is 0.562. The molecule has 3 heteroatoms. The lowest BCUT2D eigenvalue weighted by Gasteiger charge is -2.15. The van der Waals surface area contributed by atoms with Crippen molar-refractivity contribution in [3.8, 4) is 5.75 Å². The maximum Gasteiger partial charge on any atom is 0.251 e. The predicted molar refractivity (Wildman–Crippen MR) is 78.7 cm³/mol. The van der Waals surface area contributed by atoms with Crippen LogP contribution < -0.4 is 10.1 Å². The van der Waals surface area contributed by atoms with E-state index in [9.17, 15) is 4.79 Å². The molecule has 0 bridgehead atoms. The molecule has 1 amide bonds. The third kappa shape index (κ3) is 4.93. The van der Waals surface area contributed by atoms with Crippen LogP contribution in [0.4, 0.5) is 0 Å². The van der Waals surface area contributed by atoms with Gasteiger partial charge < -0.3 is 10.1 Å². The van der Waals surface area contributed by atoms with E-state index in [4.69, 9.17) is 4.74 Å². The minimum Gasteiger partial charge on any atom is -0.496 e. The predicted octanol–water partition coefficient (Wildman–Crippen LogP) is 3.56. The van der Waals surface area contributed by atoms with Crippen LogP contribution in [0.5, 0.6) is 5.75 Å². The fourth-order valence-electron chi connectivity index (χ4n) is 1.92. The highest BCUT2D eigenvalue weighted by atomic mass is 16.5. The molecule has 3 nitrogen and oxygen atoms in total. The van der Waals surface area contributed by atoms with Gasteiger partial charge in [-0.1, -0.05) is 19.9 Å². The Kier molecular flexibility index (Phi) is 5.87. The lowest BCUT2D eigenvalue weighted by Crippen LogP contribution is -2.32. The summed E-state index contributed by atoms with van der Waals surface area (Å²) in [6.07, 6.45) is 2.13. The van der Waals surface area contributed by atoms with Crippen LogP contribution in [0.25, 0.3) is 0 Å². The molecule has 1 N–H and O–H groups in total. The highest BCUT2D eigenvalue weighted by Crippen LogP contribution is 2.19. The average molecular weight is 263 g/mol.